The molecule has 2 bridgehead atoms. The van der Waals surface area contributed by atoms with Gasteiger partial charge in [0.25, 0.3) is 0 Å². The van der Waals surface area contributed by atoms with Gasteiger partial charge in [0.05, 0.1) is 7.11 Å². The summed E-state index contributed by atoms with van der Waals surface area (Å²) in [6.07, 6.45) is 4.42. The Hall–Kier alpha value is -1.42. The van der Waals surface area contributed by atoms with Crippen molar-refractivity contribution < 1.29 is 9.53 Å². The molecule has 0 radical (unpaired) electrons. The summed E-state index contributed by atoms with van der Waals surface area (Å²) in [5, 5.41) is 0. The van der Waals surface area contributed by atoms with Gasteiger partial charge < -0.3 is 9.64 Å². The Morgan fingerprint density at radius 2 is 2.00 bits per heavy atom. The van der Waals surface area contributed by atoms with E-state index in [4.69, 9.17) is 4.74 Å². The summed E-state index contributed by atoms with van der Waals surface area (Å²) in [7, 11) is 3.76. The Kier molecular flexibility index (Phi) is 3.27. The summed E-state index contributed by atoms with van der Waals surface area (Å²) in [6.45, 7) is 0. The van der Waals surface area contributed by atoms with Crippen LogP contribution < -0.4 is 4.74 Å². The zero-order valence-electron chi connectivity index (χ0n) is 11.5. The molecule has 102 valence electrons. The predicted molar refractivity (Wildman–Crippen MR) is 72.4 cm³/mol. The minimum absolute atomic E-state index is 0.133. The molecule has 0 amide bonds. The minimum Gasteiger partial charge on any atom is -0.481 e. The third-order valence-electron chi connectivity index (χ3n) is 4.65. The molecule has 2 aliphatic rings. The Labute approximate surface area is 113 Å². The molecule has 2 atom stereocenters. The van der Waals surface area contributed by atoms with Crippen molar-refractivity contribution in [1.82, 2.24) is 9.88 Å². The van der Waals surface area contributed by atoms with E-state index in [0.717, 1.165) is 12.8 Å². The van der Waals surface area contributed by atoms with Crippen molar-refractivity contribution in [2.24, 2.45) is 5.92 Å². The van der Waals surface area contributed by atoms with Crippen LogP contribution in [-0.2, 0) is 0 Å². The summed E-state index contributed by atoms with van der Waals surface area (Å²) < 4.78 is 5.09. The van der Waals surface area contributed by atoms with Gasteiger partial charge in [-0.05, 0) is 38.8 Å². The summed E-state index contributed by atoms with van der Waals surface area (Å²) >= 11 is 0. The second kappa shape index (κ2) is 4.93. The third-order valence-corrected chi connectivity index (χ3v) is 4.65. The van der Waals surface area contributed by atoms with Gasteiger partial charge in [-0.1, -0.05) is 6.07 Å². The number of pyridine rings is 1. The molecular weight excluding hydrogens is 240 g/mol. The molecule has 4 heteroatoms. The van der Waals surface area contributed by atoms with Crippen LogP contribution in [0.25, 0.3) is 0 Å². The van der Waals surface area contributed by atoms with Crippen LogP contribution in [0.5, 0.6) is 5.88 Å². The Morgan fingerprint density at radius 1 is 1.32 bits per heavy atom. The fraction of sp³-hybridized carbons (Fsp3) is 0.600. The number of aromatic nitrogens is 1. The highest BCUT2D eigenvalue weighted by atomic mass is 16.5. The maximum Gasteiger partial charge on any atom is 0.213 e. The van der Waals surface area contributed by atoms with E-state index in [1.54, 1.807) is 19.2 Å². The van der Waals surface area contributed by atoms with Gasteiger partial charge in [0, 0.05) is 24.1 Å². The van der Waals surface area contributed by atoms with Crippen molar-refractivity contribution in [2.75, 3.05) is 14.2 Å². The van der Waals surface area contributed by atoms with Gasteiger partial charge in [-0.15, -0.1) is 0 Å². The maximum absolute atomic E-state index is 12.6. The first-order chi connectivity index (χ1) is 9.19. The van der Waals surface area contributed by atoms with Crippen LogP contribution in [0.1, 0.15) is 36.2 Å². The molecule has 3 rings (SSSR count). The second-order valence-corrected chi connectivity index (χ2v) is 5.65. The first kappa shape index (κ1) is 12.6. The van der Waals surface area contributed by atoms with E-state index in [1.807, 2.05) is 6.07 Å². The standard InChI is InChI=1S/C15H20N2O2/c1-17-11-6-7-12(17)9-10(8-11)15(18)13-4-3-5-14(16-13)19-2/h3-5,10-12H,6-9H2,1-2H3. The fourth-order valence-corrected chi connectivity index (χ4v) is 3.50. The van der Waals surface area contributed by atoms with E-state index in [2.05, 4.69) is 16.9 Å². The minimum atomic E-state index is 0.133. The third kappa shape index (κ3) is 2.25. The van der Waals surface area contributed by atoms with Gasteiger partial charge in [-0.2, -0.15) is 0 Å². The van der Waals surface area contributed by atoms with Crippen LogP contribution >= 0.6 is 0 Å². The van der Waals surface area contributed by atoms with Crippen LogP contribution in [-0.4, -0.2) is 41.9 Å². The van der Waals surface area contributed by atoms with Gasteiger partial charge in [0.2, 0.25) is 5.88 Å². The zero-order valence-corrected chi connectivity index (χ0v) is 11.5. The van der Waals surface area contributed by atoms with E-state index in [-0.39, 0.29) is 11.7 Å². The van der Waals surface area contributed by atoms with Crippen molar-refractivity contribution in [3.8, 4) is 5.88 Å². The number of ketones is 1. The quantitative estimate of drug-likeness (QED) is 0.781. The molecule has 2 aliphatic heterocycles. The number of nitrogens with zero attached hydrogens (tertiary/aromatic N) is 2. The number of rotatable bonds is 3. The lowest BCUT2D eigenvalue weighted by molar-refractivity contribution is 0.0761. The number of hydrogen-bond donors (Lipinski definition) is 0. The lowest BCUT2D eigenvalue weighted by Gasteiger charge is -2.35. The van der Waals surface area contributed by atoms with Crippen molar-refractivity contribution in [3.63, 3.8) is 0 Å². The Bertz CT molecular complexity index is 475. The second-order valence-electron chi connectivity index (χ2n) is 5.65. The molecule has 1 aromatic heterocycles. The first-order valence-electron chi connectivity index (χ1n) is 6.96. The SMILES string of the molecule is COc1cccc(C(=O)C2CC3CCC(C2)N3C)n1. The van der Waals surface area contributed by atoms with E-state index in [1.165, 1.54) is 12.8 Å². The number of carbonyl (C=O) groups excluding carboxylic acids is 1. The summed E-state index contributed by atoms with van der Waals surface area (Å²) in [5.41, 5.74) is 0.549. The van der Waals surface area contributed by atoms with Gasteiger partial charge in [0.15, 0.2) is 5.78 Å². The van der Waals surface area contributed by atoms with Crippen molar-refractivity contribution in [2.45, 2.75) is 37.8 Å². The molecule has 0 N–H and O–H groups in total. The normalized spacial score (nSPS) is 30.3. The van der Waals surface area contributed by atoms with Crippen LogP contribution in [0.4, 0.5) is 0 Å². The number of hydrogen-bond acceptors (Lipinski definition) is 4. The summed E-state index contributed by atoms with van der Waals surface area (Å²) in [4.78, 5) is 19.3. The first-order valence-corrected chi connectivity index (χ1v) is 6.96. The lowest BCUT2D eigenvalue weighted by atomic mass is 9.86. The molecule has 0 aromatic carbocycles. The number of carbonyl (C=O) groups is 1. The molecule has 0 spiro atoms. The lowest BCUT2D eigenvalue weighted by Crippen LogP contribution is -2.42. The van der Waals surface area contributed by atoms with Crippen LogP contribution in [0.15, 0.2) is 18.2 Å². The molecule has 4 nitrogen and oxygen atoms in total. The summed E-state index contributed by atoms with van der Waals surface area (Å²) in [5.74, 6) is 0.832. The number of fused-ring (bicyclic) bond motifs is 2. The highest BCUT2D eigenvalue weighted by Gasteiger charge is 2.41. The number of Topliss-reactive ketones (excluding diaryl/α,β-unsaturated/α-hetero) is 1. The average Bonchev–Trinajstić information content (AvgIpc) is 2.68. The summed E-state index contributed by atoms with van der Waals surface area (Å²) in [6, 6.07) is 6.57. The van der Waals surface area contributed by atoms with Gasteiger partial charge >= 0.3 is 0 Å². The zero-order chi connectivity index (χ0) is 13.4. The number of ether oxygens (including phenoxy) is 1. The Morgan fingerprint density at radius 3 is 2.63 bits per heavy atom. The largest absolute Gasteiger partial charge is 0.481 e. The van der Waals surface area contributed by atoms with E-state index >= 15 is 0 Å². The molecular formula is C15H20N2O2. The van der Waals surface area contributed by atoms with Crippen molar-refractivity contribution >= 4 is 5.78 Å². The van der Waals surface area contributed by atoms with Crippen LogP contribution in [0, 0.1) is 5.92 Å². The predicted octanol–water partition coefficient (Wildman–Crippen LogP) is 2.15. The Balaban J connectivity index is 1.77. The van der Waals surface area contributed by atoms with E-state index in [0.29, 0.717) is 23.7 Å². The molecule has 0 aliphatic carbocycles. The smallest absolute Gasteiger partial charge is 0.213 e. The van der Waals surface area contributed by atoms with Gasteiger partial charge in [-0.3, -0.25) is 4.79 Å². The molecule has 0 saturated carbocycles. The molecule has 2 unspecified atom stereocenters. The topological polar surface area (TPSA) is 42.4 Å². The number of methoxy groups -OCH3 is 1. The maximum atomic E-state index is 12.6. The van der Waals surface area contributed by atoms with Gasteiger partial charge in [-0.25, -0.2) is 4.98 Å². The van der Waals surface area contributed by atoms with E-state index < -0.39 is 0 Å². The van der Waals surface area contributed by atoms with Crippen molar-refractivity contribution in [1.29, 1.82) is 0 Å². The van der Waals surface area contributed by atoms with Crippen molar-refractivity contribution in [3.05, 3.63) is 23.9 Å². The molecule has 1 aromatic rings. The van der Waals surface area contributed by atoms with E-state index in [9.17, 15) is 4.79 Å². The molecule has 19 heavy (non-hydrogen) atoms. The van der Waals surface area contributed by atoms with Crippen LogP contribution in [0.3, 0.4) is 0 Å². The average molecular weight is 260 g/mol. The highest BCUT2D eigenvalue weighted by molar-refractivity contribution is 5.96. The van der Waals surface area contributed by atoms with Crippen LogP contribution in [0.2, 0.25) is 0 Å². The highest BCUT2D eigenvalue weighted by Crippen LogP contribution is 2.38. The number of piperidine rings is 1. The molecule has 3 heterocycles. The van der Waals surface area contributed by atoms with Gasteiger partial charge in [0.1, 0.15) is 5.69 Å². The fourth-order valence-electron chi connectivity index (χ4n) is 3.50. The molecule has 2 saturated heterocycles. The monoisotopic (exact) mass is 260 g/mol. The molecule has 2 fully saturated rings.